The summed E-state index contributed by atoms with van der Waals surface area (Å²) in [4.78, 5) is 15.5. The molecule has 3 N–H and O–H groups in total. The van der Waals surface area contributed by atoms with Crippen LogP contribution in [-0.2, 0) is 0 Å². The summed E-state index contributed by atoms with van der Waals surface area (Å²) in [6.45, 7) is 0.597. The van der Waals surface area contributed by atoms with Crippen molar-refractivity contribution in [3.63, 3.8) is 0 Å². The number of carbonyl (C=O) groups is 1. The van der Waals surface area contributed by atoms with E-state index in [0.29, 0.717) is 11.8 Å². The van der Waals surface area contributed by atoms with E-state index in [-0.39, 0.29) is 17.3 Å². The third kappa shape index (κ3) is 3.35. The van der Waals surface area contributed by atoms with Gasteiger partial charge >= 0.3 is 0 Å². The van der Waals surface area contributed by atoms with Gasteiger partial charge in [0.05, 0.1) is 11.8 Å². The summed E-state index contributed by atoms with van der Waals surface area (Å²) in [6, 6.07) is 1.12. The molecular formula is C12H16FN3OS. The standard InChI is InChI=1S/C12H16FN3OS/c13-8-5-10(11(14)15-6-8)12(17)16-7-9-3-1-2-4-18-9/h5-6,9H,1-4,7H2,(H2,14,15)(H,16,17). The van der Waals surface area contributed by atoms with Gasteiger partial charge in [0.1, 0.15) is 11.6 Å². The molecule has 1 aliphatic heterocycles. The highest BCUT2D eigenvalue weighted by Gasteiger charge is 2.17. The molecule has 1 aromatic heterocycles. The first-order chi connectivity index (χ1) is 8.66. The van der Waals surface area contributed by atoms with Crippen molar-refractivity contribution < 1.29 is 9.18 Å². The smallest absolute Gasteiger partial charge is 0.255 e. The average molecular weight is 269 g/mol. The van der Waals surface area contributed by atoms with E-state index in [1.807, 2.05) is 11.8 Å². The molecule has 0 aliphatic carbocycles. The van der Waals surface area contributed by atoms with E-state index in [2.05, 4.69) is 10.3 Å². The van der Waals surface area contributed by atoms with Crippen LogP contribution < -0.4 is 11.1 Å². The molecule has 0 radical (unpaired) electrons. The third-order valence-electron chi connectivity index (χ3n) is 2.89. The highest BCUT2D eigenvalue weighted by Crippen LogP contribution is 2.24. The van der Waals surface area contributed by atoms with Gasteiger partial charge in [0.25, 0.3) is 5.91 Å². The van der Waals surface area contributed by atoms with E-state index in [1.165, 1.54) is 12.8 Å². The van der Waals surface area contributed by atoms with Gasteiger partial charge in [0, 0.05) is 11.8 Å². The van der Waals surface area contributed by atoms with Gasteiger partial charge in [-0.3, -0.25) is 4.79 Å². The van der Waals surface area contributed by atoms with Crippen molar-refractivity contribution in [2.45, 2.75) is 24.5 Å². The van der Waals surface area contributed by atoms with Crippen LogP contribution in [0.15, 0.2) is 12.3 Å². The number of nitrogen functional groups attached to an aromatic ring is 1. The Balaban J connectivity index is 1.92. The number of rotatable bonds is 3. The Hall–Kier alpha value is -1.30. The van der Waals surface area contributed by atoms with E-state index >= 15 is 0 Å². The van der Waals surface area contributed by atoms with Gasteiger partial charge in [0.15, 0.2) is 0 Å². The number of thioether (sulfide) groups is 1. The lowest BCUT2D eigenvalue weighted by molar-refractivity contribution is 0.0953. The first-order valence-electron chi connectivity index (χ1n) is 5.97. The molecule has 0 bridgehead atoms. The highest BCUT2D eigenvalue weighted by atomic mass is 32.2. The fraction of sp³-hybridized carbons (Fsp3) is 0.500. The normalized spacial score (nSPS) is 19.5. The Labute approximate surface area is 110 Å². The maximum absolute atomic E-state index is 13.0. The monoisotopic (exact) mass is 269 g/mol. The Morgan fingerprint density at radius 2 is 2.44 bits per heavy atom. The first-order valence-corrected chi connectivity index (χ1v) is 7.02. The molecule has 1 amide bonds. The summed E-state index contributed by atoms with van der Waals surface area (Å²) in [7, 11) is 0. The van der Waals surface area contributed by atoms with E-state index in [4.69, 9.17) is 5.73 Å². The minimum atomic E-state index is -0.554. The zero-order valence-electron chi connectivity index (χ0n) is 9.99. The summed E-state index contributed by atoms with van der Waals surface area (Å²) < 4.78 is 13.0. The quantitative estimate of drug-likeness (QED) is 0.878. The summed E-state index contributed by atoms with van der Waals surface area (Å²) in [5, 5.41) is 3.24. The molecule has 1 unspecified atom stereocenters. The lowest BCUT2D eigenvalue weighted by Crippen LogP contribution is -2.32. The summed E-state index contributed by atoms with van der Waals surface area (Å²) in [5.74, 6) is 0.293. The van der Waals surface area contributed by atoms with Crippen LogP contribution in [0.4, 0.5) is 10.2 Å². The Bertz CT molecular complexity index is 435. The van der Waals surface area contributed by atoms with Crippen LogP contribution in [0.25, 0.3) is 0 Å². The second kappa shape index (κ2) is 6.04. The molecule has 18 heavy (non-hydrogen) atoms. The number of carbonyl (C=O) groups excluding carboxylic acids is 1. The molecule has 0 aromatic carbocycles. The predicted molar refractivity (Wildman–Crippen MR) is 71.0 cm³/mol. The molecule has 2 rings (SSSR count). The van der Waals surface area contributed by atoms with Crippen LogP contribution in [0.5, 0.6) is 0 Å². The minimum absolute atomic E-state index is 0.0604. The van der Waals surface area contributed by atoms with E-state index < -0.39 is 5.82 Å². The van der Waals surface area contributed by atoms with Crippen LogP contribution in [0.2, 0.25) is 0 Å². The summed E-state index contributed by atoms with van der Waals surface area (Å²) >= 11 is 1.87. The number of nitrogens with two attached hydrogens (primary N) is 1. The maximum atomic E-state index is 13.0. The molecule has 98 valence electrons. The number of aromatic nitrogens is 1. The van der Waals surface area contributed by atoms with Crippen molar-refractivity contribution >= 4 is 23.5 Å². The first kappa shape index (κ1) is 13.1. The zero-order valence-corrected chi connectivity index (χ0v) is 10.8. The van der Waals surface area contributed by atoms with Crippen LogP contribution in [0.1, 0.15) is 29.6 Å². The molecule has 1 aromatic rings. The summed E-state index contributed by atoms with van der Waals surface area (Å²) in [6.07, 6.45) is 4.57. The van der Waals surface area contributed by atoms with E-state index in [9.17, 15) is 9.18 Å². The number of hydrogen-bond donors (Lipinski definition) is 2. The number of nitrogens with one attached hydrogen (secondary N) is 1. The molecule has 1 saturated heterocycles. The topological polar surface area (TPSA) is 68.0 Å². The van der Waals surface area contributed by atoms with Gasteiger partial charge in [-0.05, 0) is 24.7 Å². The largest absolute Gasteiger partial charge is 0.383 e. The molecule has 0 spiro atoms. The van der Waals surface area contributed by atoms with E-state index in [1.54, 1.807) is 0 Å². The van der Waals surface area contributed by atoms with Gasteiger partial charge < -0.3 is 11.1 Å². The van der Waals surface area contributed by atoms with Crippen molar-refractivity contribution in [3.05, 3.63) is 23.6 Å². The molecule has 2 heterocycles. The molecule has 4 nitrogen and oxygen atoms in total. The number of anilines is 1. The Morgan fingerprint density at radius 3 is 3.17 bits per heavy atom. The van der Waals surface area contributed by atoms with Gasteiger partial charge in [-0.25, -0.2) is 9.37 Å². The fourth-order valence-electron chi connectivity index (χ4n) is 1.90. The van der Waals surface area contributed by atoms with Crippen molar-refractivity contribution in [3.8, 4) is 0 Å². The van der Waals surface area contributed by atoms with Crippen molar-refractivity contribution in [1.82, 2.24) is 10.3 Å². The highest BCUT2D eigenvalue weighted by molar-refractivity contribution is 7.99. The van der Waals surface area contributed by atoms with Crippen LogP contribution >= 0.6 is 11.8 Å². The lowest BCUT2D eigenvalue weighted by Gasteiger charge is -2.21. The number of pyridine rings is 1. The Morgan fingerprint density at radius 1 is 1.61 bits per heavy atom. The van der Waals surface area contributed by atoms with Gasteiger partial charge in [-0.15, -0.1) is 0 Å². The van der Waals surface area contributed by atoms with Crippen LogP contribution in [0.3, 0.4) is 0 Å². The van der Waals surface area contributed by atoms with Crippen LogP contribution in [0, 0.1) is 5.82 Å². The predicted octanol–water partition coefficient (Wildman–Crippen LogP) is 1.82. The summed E-state index contributed by atoms with van der Waals surface area (Å²) in [5.41, 5.74) is 5.66. The van der Waals surface area contributed by atoms with Crippen molar-refractivity contribution in [1.29, 1.82) is 0 Å². The SMILES string of the molecule is Nc1ncc(F)cc1C(=O)NCC1CCCCS1. The van der Waals surface area contributed by atoms with Crippen molar-refractivity contribution in [2.24, 2.45) is 0 Å². The maximum Gasteiger partial charge on any atom is 0.255 e. The number of nitrogens with zero attached hydrogens (tertiary/aromatic N) is 1. The second-order valence-corrected chi connectivity index (χ2v) is 5.69. The van der Waals surface area contributed by atoms with Gasteiger partial charge in [-0.1, -0.05) is 6.42 Å². The molecule has 0 saturated carbocycles. The van der Waals surface area contributed by atoms with Crippen LogP contribution in [-0.4, -0.2) is 28.4 Å². The van der Waals surface area contributed by atoms with Gasteiger partial charge in [0.2, 0.25) is 0 Å². The van der Waals surface area contributed by atoms with Gasteiger partial charge in [-0.2, -0.15) is 11.8 Å². The second-order valence-electron chi connectivity index (χ2n) is 4.28. The zero-order chi connectivity index (χ0) is 13.0. The number of halogens is 1. The van der Waals surface area contributed by atoms with Crippen molar-refractivity contribution in [2.75, 3.05) is 18.0 Å². The number of amides is 1. The average Bonchev–Trinajstić information content (AvgIpc) is 2.40. The molecule has 6 heteroatoms. The van der Waals surface area contributed by atoms with E-state index in [0.717, 1.165) is 24.4 Å². The molecule has 1 fully saturated rings. The molecule has 1 atom stereocenters. The molecular weight excluding hydrogens is 253 g/mol. The lowest BCUT2D eigenvalue weighted by atomic mass is 10.2. The third-order valence-corrected chi connectivity index (χ3v) is 4.29. The number of hydrogen-bond acceptors (Lipinski definition) is 4. The fourth-order valence-corrected chi connectivity index (χ4v) is 3.14. The molecule has 1 aliphatic rings. The minimum Gasteiger partial charge on any atom is -0.383 e. The Kier molecular flexibility index (Phi) is 4.41.